The van der Waals surface area contributed by atoms with E-state index in [9.17, 15) is 14.9 Å². The highest BCUT2D eigenvalue weighted by Gasteiger charge is 2.29. The van der Waals surface area contributed by atoms with Gasteiger partial charge in [0.25, 0.3) is 5.69 Å². The van der Waals surface area contributed by atoms with Crippen LogP contribution in [-0.4, -0.2) is 43.7 Å². The highest BCUT2D eigenvalue weighted by atomic mass is 16.6. The fourth-order valence-corrected chi connectivity index (χ4v) is 4.08. The van der Waals surface area contributed by atoms with Gasteiger partial charge in [-0.25, -0.2) is 4.79 Å². The van der Waals surface area contributed by atoms with Gasteiger partial charge in [-0.1, -0.05) is 12.5 Å². The molecule has 0 bridgehead atoms. The molecule has 2 amide bonds. The van der Waals surface area contributed by atoms with E-state index in [1.807, 2.05) is 0 Å². The van der Waals surface area contributed by atoms with Crippen molar-refractivity contribution in [2.24, 2.45) is 0 Å². The standard InChI is InChI=1S/C19H24N6O3/c26-19(20-15-7-4-8-16(12-15)25(27)28)23-10-5-6-14(13-23)18-22-21-17-9-2-1-3-11-24(17)18/h4,7-8,12,14H,1-3,5-6,9-11,13H2,(H,20,26). The number of fused-ring (bicyclic) bond motifs is 1. The molecule has 3 heterocycles. The van der Waals surface area contributed by atoms with Crippen LogP contribution in [0.3, 0.4) is 0 Å². The minimum Gasteiger partial charge on any atom is -0.324 e. The summed E-state index contributed by atoms with van der Waals surface area (Å²) < 4.78 is 2.25. The number of carbonyl (C=O) groups excluding carboxylic acids is 1. The van der Waals surface area contributed by atoms with Crippen LogP contribution in [0.5, 0.6) is 0 Å². The molecule has 1 atom stereocenters. The largest absolute Gasteiger partial charge is 0.324 e. The SMILES string of the molecule is O=C(Nc1cccc([N+](=O)[O-])c1)N1CCCC(c2nnc3n2CCCCC3)C1. The number of piperidine rings is 1. The van der Waals surface area contributed by atoms with E-state index in [1.165, 1.54) is 18.6 Å². The summed E-state index contributed by atoms with van der Waals surface area (Å²) in [5.74, 6) is 2.22. The monoisotopic (exact) mass is 384 g/mol. The van der Waals surface area contributed by atoms with Crippen molar-refractivity contribution >= 4 is 17.4 Å². The maximum absolute atomic E-state index is 12.7. The Kier molecular flexibility index (Phi) is 5.23. The zero-order valence-corrected chi connectivity index (χ0v) is 15.7. The maximum Gasteiger partial charge on any atom is 0.321 e. The van der Waals surface area contributed by atoms with Gasteiger partial charge in [0.05, 0.1) is 4.92 Å². The van der Waals surface area contributed by atoms with Crippen LogP contribution in [0, 0.1) is 10.1 Å². The van der Waals surface area contributed by atoms with Crippen molar-refractivity contribution in [1.29, 1.82) is 0 Å². The number of aryl methyl sites for hydroxylation is 1. The number of carbonyl (C=O) groups is 1. The van der Waals surface area contributed by atoms with Gasteiger partial charge in [-0.15, -0.1) is 10.2 Å². The topological polar surface area (TPSA) is 106 Å². The second-order valence-electron chi connectivity index (χ2n) is 7.46. The Morgan fingerprint density at radius 3 is 2.93 bits per heavy atom. The van der Waals surface area contributed by atoms with Crippen molar-refractivity contribution in [3.05, 3.63) is 46.0 Å². The van der Waals surface area contributed by atoms with E-state index in [-0.39, 0.29) is 17.6 Å². The first-order chi connectivity index (χ1) is 13.6. The van der Waals surface area contributed by atoms with E-state index >= 15 is 0 Å². The van der Waals surface area contributed by atoms with E-state index in [0.717, 1.165) is 50.3 Å². The van der Waals surface area contributed by atoms with Crippen molar-refractivity contribution in [3.8, 4) is 0 Å². The first-order valence-corrected chi connectivity index (χ1v) is 9.84. The number of hydrogen-bond donors (Lipinski definition) is 1. The highest BCUT2D eigenvalue weighted by molar-refractivity contribution is 5.89. The van der Waals surface area contributed by atoms with E-state index < -0.39 is 4.92 Å². The Balaban J connectivity index is 1.45. The van der Waals surface area contributed by atoms with Crippen LogP contribution in [0.2, 0.25) is 0 Å². The van der Waals surface area contributed by atoms with Crippen LogP contribution in [-0.2, 0) is 13.0 Å². The molecule has 0 aliphatic carbocycles. The highest BCUT2D eigenvalue weighted by Crippen LogP contribution is 2.28. The fraction of sp³-hybridized carbons (Fsp3) is 0.526. The van der Waals surface area contributed by atoms with Crippen LogP contribution >= 0.6 is 0 Å². The number of hydrogen-bond acceptors (Lipinski definition) is 5. The number of amides is 2. The lowest BCUT2D eigenvalue weighted by molar-refractivity contribution is -0.384. The number of nitrogens with zero attached hydrogens (tertiary/aromatic N) is 5. The van der Waals surface area contributed by atoms with Crippen LogP contribution in [0.15, 0.2) is 24.3 Å². The molecule has 9 heteroatoms. The van der Waals surface area contributed by atoms with Gasteiger partial charge in [0.1, 0.15) is 11.6 Å². The third kappa shape index (κ3) is 3.83. The van der Waals surface area contributed by atoms with Gasteiger partial charge in [0, 0.05) is 49.8 Å². The molecule has 2 aliphatic heterocycles. The van der Waals surface area contributed by atoms with Crippen molar-refractivity contribution < 1.29 is 9.72 Å². The summed E-state index contributed by atoms with van der Waals surface area (Å²) in [7, 11) is 0. The van der Waals surface area contributed by atoms with Crippen molar-refractivity contribution in [3.63, 3.8) is 0 Å². The summed E-state index contributed by atoms with van der Waals surface area (Å²) in [5, 5.41) is 22.5. The molecule has 2 aromatic rings. The molecule has 1 unspecified atom stereocenters. The fourth-order valence-electron chi connectivity index (χ4n) is 4.08. The van der Waals surface area contributed by atoms with Crippen molar-refractivity contribution in [1.82, 2.24) is 19.7 Å². The van der Waals surface area contributed by atoms with Crippen LogP contribution in [0.4, 0.5) is 16.2 Å². The minimum atomic E-state index is -0.469. The second kappa shape index (κ2) is 7.95. The summed E-state index contributed by atoms with van der Waals surface area (Å²) >= 11 is 0. The third-order valence-corrected chi connectivity index (χ3v) is 5.52. The summed E-state index contributed by atoms with van der Waals surface area (Å²) in [5.41, 5.74) is 0.387. The van der Waals surface area contributed by atoms with Crippen LogP contribution in [0.1, 0.15) is 49.7 Å². The Morgan fingerprint density at radius 2 is 2.07 bits per heavy atom. The van der Waals surface area contributed by atoms with E-state index in [2.05, 4.69) is 20.1 Å². The van der Waals surface area contributed by atoms with Gasteiger partial charge in [-0.2, -0.15) is 0 Å². The third-order valence-electron chi connectivity index (χ3n) is 5.52. The lowest BCUT2D eigenvalue weighted by Crippen LogP contribution is -2.42. The molecular formula is C19H24N6O3. The number of urea groups is 1. The first-order valence-electron chi connectivity index (χ1n) is 9.84. The predicted octanol–water partition coefficient (Wildman–Crippen LogP) is 3.32. The van der Waals surface area contributed by atoms with E-state index in [0.29, 0.717) is 18.8 Å². The van der Waals surface area contributed by atoms with E-state index in [1.54, 1.807) is 17.0 Å². The molecule has 0 radical (unpaired) electrons. The molecule has 1 aromatic carbocycles. The molecule has 148 valence electrons. The average molecular weight is 384 g/mol. The molecule has 1 aromatic heterocycles. The van der Waals surface area contributed by atoms with Gasteiger partial charge in [0.2, 0.25) is 0 Å². The summed E-state index contributed by atoms with van der Waals surface area (Å²) in [6, 6.07) is 5.77. The number of nitro groups is 1. The number of aromatic nitrogens is 3. The summed E-state index contributed by atoms with van der Waals surface area (Å²) in [4.78, 5) is 24.9. The first kappa shape index (κ1) is 18.4. The Bertz CT molecular complexity index is 880. The molecule has 0 saturated carbocycles. The molecule has 1 fully saturated rings. The Morgan fingerprint density at radius 1 is 1.18 bits per heavy atom. The molecule has 0 spiro atoms. The number of likely N-dealkylation sites (tertiary alicyclic amines) is 1. The zero-order chi connectivity index (χ0) is 19.5. The Hall–Kier alpha value is -2.97. The van der Waals surface area contributed by atoms with Gasteiger partial charge >= 0.3 is 6.03 Å². The van der Waals surface area contributed by atoms with Gasteiger partial charge in [-0.05, 0) is 31.7 Å². The summed E-state index contributed by atoms with van der Waals surface area (Å²) in [6.07, 6.45) is 6.36. The van der Waals surface area contributed by atoms with Crippen LogP contribution in [0.25, 0.3) is 0 Å². The number of benzene rings is 1. The second-order valence-corrected chi connectivity index (χ2v) is 7.46. The van der Waals surface area contributed by atoms with Crippen molar-refractivity contribution in [2.45, 2.75) is 51.0 Å². The molecule has 9 nitrogen and oxygen atoms in total. The smallest absolute Gasteiger partial charge is 0.321 e. The quantitative estimate of drug-likeness (QED) is 0.645. The summed E-state index contributed by atoms with van der Waals surface area (Å²) in [6.45, 7) is 2.20. The van der Waals surface area contributed by atoms with Crippen LogP contribution < -0.4 is 5.32 Å². The molecule has 28 heavy (non-hydrogen) atoms. The molecular weight excluding hydrogens is 360 g/mol. The van der Waals surface area contributed by atoms with Gasteiger partial charge in [-0.3, -0.25) is 10.1 Å². The molecule has 1 N–H and O–H groups in total. The number of non-ortho nitro benzene ring substituents is 1. The number of rotatable bonds is 3. The number of nitrogens with one attached hydrogen (secondary N) is 1. The Labute approximate surface area is 162 Å². The zero-order valence-electron chi connectivity index (χ0n) is 15.7. The maximum atomic E-state index is 12.7. The molecule has 1 saturated heterocycles. The molecule has 2 aliphatic rings. The molecule has 4 rings (SSSR count). The van der Waals surface area contributed by atoms with Crippen molar-refractivity contribution in [2.75, 3.05) is 18.4 Å². The lowest BCUT2D eigenvalue weighted by Gasteiger charge is -2.32. The predicted molar refractivity (Wildman–Crippen MR) is 103 cm³/mol. The average Bonchev–Trinajstić information content (AvgIpc) is 2.96. The number of nitro benzene ring substituents is 1. The normalized spacial score (nSPS) is 19.6. The minimum absolute atomic E-state index is 0.0412. The number of anilines is 1. The van der Waals surface area contributed by atoms with E-state index in [4.69, 9.17) is 0 Å². The lowest BCUT2D eigenvalue weighted by atomic mass is 9.97. The van der Waals surface area contributed by atoms with Gasteiger partial charge in [0.15, 0.2) is 0 Å². The van der Waals surface area contributed by atoms with Gasteiger partial charge < -0.3 is 14.8 Å².